The molecule has 1 amide bonds. The fourth-order valence-electron chi connectivity index (χ4n) is 3.47. The first-order valence-corrected chi connectivity index (χ1v) is 9.96. The van der Waals surface area contributed by atoms with Crippen LogP contribution in [0.15, 0.2) is 49.2 Å². The van der Waals surface area contributed by atoms with Gasteiger partial charge in [0.25, 0.3) is 0 Å². The summed E-state index contributed by atoms with van der Waals surface area (Å²) >= 11 is 1.71. The Morgan fingerprint density at radius 1 is 1.29 bits per heavy atom. The van der Waals surface area contributed by atoms with Crippen LogP contribution < -0.4 is 5.73 Å². The lowest BCUT2D eigenvalue weighted by Gasteiger charge is -2.10. The lowest BCUT2D eigenvalue weighted by molar-refractivity contribution is -0.117. The number of fused-ring (bicyclic) bond motifs is 1. The van der Waals surface area contributed by atoms with E-state index in [0.717, 1.165) is 27.3 Å². The zero-order valence-electron chi connectivity index (χ0n) is 15.0. The Kier molecular flexibility index (Phi) is 4.03. The van der Waals surface area contributed by atoms with E-state index in [2.05, 4.69) is 10.1 Å². The normalized spacial score (nSPS) is 15.2. The fourth-order valence-corrected chi connectivity index (χ4v) is 4.77. The molecular weight excluding hydrogens is 374 g/mol. The van der Waals surface area contributed by atoms with Crippen molar-refractivity contribution >= 4 is 22.1 Å². The summed E-state index contributed by atoms with van der Waals surface area (Å²) < 4.78 is 3.71. The largest absolute Gasteiger partial charge is 0.382 e. The number of amides is 1. The molecule has 142 valence electrons. The Bertz CT molecular complexity index is 1150. The lowest BCUT2D eigenvalue weighted by Crippen LogP contribution is -2.13. The van der Waals surface area contributed by atoms with Gasteiger partial charge in [0.2, 0.25) is 5.91 Å². The molecule has 0 aliphatic heterocycles. The van der Waals surface area contributed by atoms with Crippen LogP contribution in [-0.2, 0) is 11.2 Å². The number of imidazole rings is 1. The number of carbonyl (C=O) groups is 1. The van der Waals surface area contributed by atoms with E-state index in [9.17, 15) is 9.90 Å². The van der Waals surface area contributed by atoms with Crippen molar-refractivity contribution in [1.82, 2.24) is 19.2 Å². The van der Waals surface area contributed by atoms with Gasteiger partial charge in [-0.2, -0.15) is 5.10 Å². The molecule has 1 saturated carbocycles. The van der Waals surface area contributed by atoms with Gasteiger partial charge in [-0.3, -0.25) is 9.20 Å². The van der Waals surface area contributed by atoms with E-state index in [1.54, 1.807) is 28.5 Å². The highest BCUT2D eigenvalue weighted by Gasteiger charge is 2.33. The van der Waals surface area contributed by atoms with E-state index in [4.69, 9.17) is 5.73 Å². The van der Waals surface area contributed by atoms with Crippen LogP contribution in [0.2, 0.25) is 0 Å². The molecule has 0 bridgehead atoms. The smallest absolute Gasteiger partial charge is 0.221 e. The molecule has 3 heterocycles. The summed E-state index contributed by atoms with van der Waals surface area (Å²) in [4.78, 5) is 17.5. The van der Waals surface area contributed by atoms with Gasteiger partial charge in [0, 0.05) is 16.6 Å². The minimum atomic E-state index is -0.763. The zero-order valence-corrected chi connectivity index (χ0v) is 15.8. The molecule has 4 aromatic rings. The molecule has 0 saturated heterocycles. The number of thiazole rings is 1. The molecule has 5 rings (SSSR count). The minimum absolute atomic E-state index is 0.215. The van der Waals surface area contributed by atoms with E-state index in [-0.39, 0.29) is 12.3 Å². The van der Waals surface area contributed by atoms with Crippen LogP contribution in [0.5, 0.6) is 0 Å². The van der Waals surface area contributed by atoms with Crippen molar-refractivity contribution in [3.63, 3.8) is 0 Å². The number of aliphatic hydroxyl groups is 1. The first-order chi connectivity index (χ1) is 13.6. The van der Waals surface area contributed by atoms with E-state index in [0.29, 0.717) is 5.92 Å². The third-order valence-corrected chi connectivity index (χ3v) is 6.31. The summed E-state index contributed by atoms with van der Waals surface area (Å²) in [5, 5.41) is 15.5. The highest BCUT2D eigenvalue weighted by Crippen LogP contribution is 2.47. The van der Waals surface area contributed by atoms with Crippen LogP contribution in [0, 0.1) is 0 Å². The van der Waals surface area contributed by atoms with Crippen molar-refractivity contribution in [3.8, 4) is 5.69 Å². The van der Waals surface area contributed by atoms with Gasteiger partial charge in [0.15, 0.2) is 0 Å². The van der Waals surface area contributed by atoms with Crippen molar-refractivity contribution < 1.29 is 9.90 Å². The quantitative estimate of drug-likeness (QED) is 0.526. The zero-order chi connectivity index (χ0) is 19.3. The van der Waals surface area contributed by atoms with Gasteiger partial charge in [-0.25, -0.2) is 9.67 Å². The Labute approximate surface area is 165 Å². The van der Waals surface area contributed by atoms with Crippen LogP contribution in [0.3, 0.4) is 0 Å². The van der Waals surface area contributed by atoms with Crippen LogP contribution in [0.25, 0.3) is 10.5 Å². The van der Waals surface area contributed by atoms with Gasteiger partial charge in [0.1, 0.15) is 17.3 Å². The molecule has 3 aromatic heterocycles. The van der Waals surface area contributed by atoms with Crippen LogP contribution in [-0.4, -0.2) is 30.2 Å². The molecule has 7 nitrogen and oxygen atoms in total. The molecule has 8 heteroatoms. The Morgan fingerprint density at radius 2 is 2.07 bits per heavy atom. The molecule has 1 atom stereocenters. The summed E-state index contributed by atoms with van der Waals surface area (Å²) in [6.45, 7) is 0. The highest BCUT2D eigenvalue weighted by molar-refractivity contribution is 7.17. The third-order valence-electron chi connectivity index (χ3n) is 5.04. The van der Waals surface area contributed by atoms with Crippen molar-refractivity contribution in [1.29, 1.82) is 0 Å². The molecule has 1 aliphatic carbocycles. The number of hydrogen-bond donors (Lipinski definition) is 2. The molecule has 3 N–H and O–H groups in total. The predicted molar refractivity (Wildman–Crippen MR) is 106 cm³/mol. The Morgan fingerprint density at radius 3 is 2.79 bits per heavy atom. The highest BCUT2D eigenvalue weighted by atomic mass is 32.1. The maximum atomic E-state index is 11.1. The summed E-state index contributed by atoms with van der Waals surface area (Å²) in [5.41, 5.74) is 8.58. The summed E-state index contributed by atoms with van der Waals surface area (Å²) in [5.74, 6) is 0.188. The van der Waals surface area contributed by atoms with Crippen molar-refractivity contribution in [3.05, 3.63) is 70.9 Å². The number of aromatic nitrogens is 4. The predicted octanol–water partition coefficient (Wildman–Crippen LogP) is 2.57. The molecule has 1 unspecified atom stereocenters. The minimum Gasteiger partial charge on any atom is -0.382 e. The molecule has 28 heavy (non-hydrogen) atoms. The van der Waals surface area contributed by atoms with E-state index >= 15 is 0 Å². The van der Waals surface area contributed by atoms with Crippen LogP contribution >= 0.6 is 11.3 Å². The van der Waals surface area contributed by atoms with Crippen molar-refractivity contribution in [2.75, 3.05) is 0 Å². The number of carbonyl (C=O) groups excluding carboxylic acids is 1. The van der Waals surface area contributed by atoms with E-state index in [1.165, 1.54) is 17.7 Å². The first-order valence-electron chi connectivity index (χ1n) is 9.15. The number of nitrogens with two attached hydrogens (primary N) is 1. The molecule has 1 aromatic carbocycles. The van der Waals surface area contributed by atoms with Gasteiger partial charge >= 0.3 is 0 Å². The second kappa shape index (κ2) is 6.57. The number of aliphatic hydroxyl groups excluding tert-OH is 1. The third kappa shape index (κ3) is 3.00. The molecule has 0 radical (unpaired) electrons. The lowest BCUT2D eigenvalue weighted by atomic mass is 10.1. The number of nitrogens with zero attached hydrogens (tertiary/aromatic N) is 4. The summed E-state index contributed by atoms with van der Waals surface area (Å²) in [6.07, 6.45) is 8.93. The number of primary amides is 1. The van der Waals surface area contributed by atoms with E-state index < -0.39 is 6.10 Å². The molecule has 0 spiro atoms. The van der Waals surface area contributed by atoms with Gasteiger partial charge in [-0.1, -0.05) is 12.1 Å². The van der Waals surface area contributed by atoms with E-state index in [1.807, 2.05) is 41.1 Å². The first kappa shape index (κ1) is 17.2. The van der Waals surface area contributed by atoms with Gasteiger partial charge in [-0.15, -0.1) is 11.3 Å². The average Bonchev–Trinajstić information content (AvgIpc) is 3.08. The van der Waals surface area contributed by atoms with Gasteiger partial charge in [-0.05, 0) is 36.5 Å². The Hall–Kier alpha value is -2.97. The topological polar surface area (TPSA) is 98.4 Å². The standard InChI is InChI=1S/C20H19N5O2S/c21-16(26)7-12-1-5-15(6-2-12)25-10-14(8-23-25)19(27)18-20(13-3-4-13)28-17-9-22-11-24(17)18/h1-2,5-6,8-11,13,19,27H,3-4,7H2,(H2,21,26). The van der Waals surface area contributed by atoms with Crippen molar-refractivity contribution in [2.24, 2.45) is 5.73 Å². The number of rotatable bonds is 6. The van der Waals surface area contributed by atoms with Crippen LogP contribution in [0.4, 0.5) is 0 Å². The number of benzene rings is 1. The molecule has 1 aliphatic rings. The SMILES string of the molecule is NC(=O)Cc1ccc(-n2cc(C(O)c3c(C4CC4)sc4cncn34)cn2)cc1. The summed E-state index contributed by atoms with van der Waals surface area (Å²) in [6, 6.07) is 7.49. The fraction of sp³-hybridized carbons (Fsp3) is 0.250. The van der Waals surface area contributed by atoms with Crippen molar-refractivity contribution in [2.45, 2.75) is 31.3 Å². The second-order valence-corrected chi connectivity index (χ2v) is 8.22. The van der Waals surface area contributed by atoms with Crippen LogP contribution in [0.1, 0.15) is 46.6 Å². The molecule has 1 fully saturated rings. The molecular formula is C20H19N5O2S. The number of hydrogen-bond acceptors (Lipinski definition) is 5. The maximum absolute atomic E-state index is 11.1. The summed E-state index contributed by atoms with van der Waals surface area (Å²) in [7, 11) is 0. The monoisotopic (exact) mass is 393 g/mol. The Balaban J connectivity index is 1.45. The van der Waals surface area contributed by atoms with Gasteiger partial charge in [0.05, 0.1) is 30.2 Å². The second-order valence-electron chi connectivity index (χ2n) is 7.16. The maximum Gasteiger partial charge on any atom is 0.221 e. The van der Waals surface area contributed by atoms with Gasteiger partial charge < -0.3 is 10.8 Å². The average molecular weight is 393 g/mol.